The first-order chi connectivity index (χ1) is 9.65. The van der Waals surface area contributed by atoms with E-state index in [-0.39, 0.29) is 11.2 Å². The fourth-order valence-electron chi connectivity index (χ4n) is 2.27. The number of phenolic OH excluding ortho intramolecular Hbond substituents is 1. The Hall–Kier alpha value is -2.55. The number of benzene rings is 2. The van der Waals surface area contributed by atoms with Crippen molar-refractivity contribution in [1.82, 2.24) is 0 Å². The summed E-state index contributed by atoms with van der Waals surface area (Å²) in [6, 6.07) is 14.4. The fourth-order valence-corrected chi connectivity index (χ4v) is 2.27. The van der Waals surface area contributed by atoms with Crippen LogP contribution in [-0.2, 0) is 6.42 Å². The van der Waals surface area contributed by atoms with Crippen LogP contribution < -0.4 is 5.43 Å². The highest BCUT2D eigenvalue weighted by Gasteiger charge is 2.11. The smallest absolute Gasteiger partial charge is 0.195 e. The molecule has 20 heavy (non-hydrogen) atoms. The molecule has 100 valence electrons. The van der Waals surface area contributed by atoms with Gasteiger partial charge in [0.05, 0.1) is 5.39 Å². The van der Waals surface area contributed by atoms with E-state index < -0.39 is 0 Å². The van der Waals surface area contributed by atoms with Gasteiger partial charge in [0.15, 0.2) is 5.43 Å². The maximum atomic E-state index is 12.3. The van der Waals surface area contributed by atoms with Crippen molar-refractivity contribution in [2.45, 2.75) is 13.3 Å². The zero-order chi connectivity index (χ0) is 14.1. The third-order valence-corrected chi connectivity index (χ3v) is 3.41. The van der Waals surface area contributed by atoms with Gasteiger partial charge in [0.2, 0.25) is 0 Å². The van der Waals surface area contributed by atoms with Crippen LogP contribution in [0.15, 0.2) is 57.7 Å². The third kappa shape index (κ3) is 2.18. The summed E-state index contributed by atoms with van der Waals surface area (Å²) in [6.07, 6.45) is 0.563. The van der Waals surface area contributed by atoms with E-state index in [4.69, 9.17) is 4.42 Å². The number of hydrogen-bond acceptors (Lipinski definition) is 3. The van der Waals surface area contributed by atoms with Crippen molar-refractivity contribution in [3.8, 4) is 5.75 Å². The molecule has 0 saturated carbocycles. The van der Waals surface area contributed by atoms with Crippen molar-refractivity contribution in [3.63, 3.8) is 0 Å². The molecule has 1 N–H and O–H groups in total. The van der Waals surface area contributed by atoms with Crippen LogP contribution in [0.4, 0.5) is 0 Å². The summed E-state index contributed by atoms with van der Waals surface area (Å²) in [5.41, 5.74) is 2.08. The van der Waals surface area contributed by atoms with Gasteiger partial charge in [-0.1, -0.05) is 30.3 Å². The first-order valence-corrected chi connectivity index (χ1v) is 6.44. The van der Waals surface area contributed by atoms with Crippen LogP contribution in [0.3, 0.4) is 0 Å². The summed E-state index contributed by atoms with van der Waals surface area (Å²) < 4.78 is 5.80. The molecule has 0 aliphatic carbocycles. The molecule has 0 aliphatic heterocycles. The Morgan fingerprint density at radius 2 is 1.85 bits per heavy atom. The molecule has 3 aromatic rings. The molecule has 1 aromatic heterocycles. The van der Waals surface area contributed by atoms with Crippen LogP contribution in [-0.4, -0.2) is 5.11 Å². The summed E-state index contributed by atoms with van der Waals surface area (Å²) >= 11 is 0. The van der Waals surface area contributed by atoms with Gasteiger partial charge in [-0.2, -0.15) is 0 Å². The lowest BCUT2D eigenvalue weighted by atomic mass is 10.1. The number of fused-ring (bicyclic) bond motifs is 1. The molecule has 0 unspecified atom stereocenters. The number of phenols is 1. The molecule has 0 atom stereocenters. The van der Waals surface area contributed by atoms with E-state index in [1.807, 2.05) is 30.3 Å². The van der Waals surface area contributed by atoms with Crippen LogP contribution in [0.5, 0.6) is 5.75 Å². The first-order valence-electron chi connectivity index (χ1n) is 6.44. The molecule has 0 spiro atoms. The minimum absolute atomic E-state index is 0.0443. The van der Waals surface area contributed by atoms with Crippen molar-refractivity contribution in [2.24, 2.45) is 0 Å². The highest BCUT2D eigenvalue weighted by atomic mass is 16.3. The molecule has 0 aliphatic rings. The van der Waals surface area contributed by atoms with Gasteiger partial charge >= 0.3 is 0 Å². The van der Waals surface area contributed by atoms with E-state index in [0.29, 0.717) is 28.7 Å². The lowest BCUT2D eigenvalue weighted by Crippen LogP contribution is -2.09. The molecule has 3 heteroatoms. The maximum Gasteiger partial charge on any atom is 0.195 e. The van der Waals surface area contributed by atoms with Gasteiger partial charge in [0, 0.05) is 18.1 Å². The molecule has 2 aromatic carbocycles. The van der Waals surface area contributed by atoms with Crippen LogP contribution in [0.25, 0.3) is 11.0 Å². The Bertz CT molecular complexity index is 817. The highest BCUT2D eigenvalue weighted by molar-refractivity contribution is 5.78. The van der Waals surface area contributed by atoms with Crippen molar-refractivity contribution in [3.05, 3.63) is 75.6 Å². The van der Waals surface area contributed by atoms with Gasteiger partial charge in [-0.15, -0.1) is 0 Å². The second kappa shape index (κ2) is 4.85. The lowest BCUT2D eigenvalue weighted by molar-refractivity contribution is 0.472. The Morgan fingerprint density at radius 3 is 2.60 bits per heavy atom. The van der Waals surface area contributed by atoms with E-state index in [1.165, 1.54) is 12.1 Å². The van der Waals surface area contributed by atoms with Crippen LogP contribution in [0, 0.1) is 6.92 Å². The van der Waals surface area contributed by atoms with Gasteiger partial charge < -0.3 is 9.52 Å². The fraction of sp³-hybridized carbons (Fsp3) is 0.118. The third-order valence-electron chi connectivity index (χ3n) is 3.41. The van der Waals surface area contributed by atoms with Crippen molar-refractivity contribution >= 4 is 11.0 Å². The predicted molar refractivity (Wildman–Crippen MR) is 78.1 cm³/mol. The molecule has 1 heterocycles. The van der Waals surface area contributed by atoms with E-state index >= 15 is 0 Å². The predicted octanol–water partition coefficient (Wildman–Crippen LogP) is 3.40. The van der Waals surface area contributed by atoms with E-state index in [0.717, 1.165) is 5.56 Å². The minimum Gasteiger partial charge on any atom is -0.508 e. The van der Waals surface area contributed by atoms with E-state index in [1.54, 1.807) is 13.0 Å². The van der Waals surface area contributed by atoms with Gasteiger partial charge in [0.1, 0.15) is 17.1 Å². The number of hydrogen-bond donors (Lipinski definition) is 1. The monoisotopic (exact) mass is 266 g/mol. The Kier molecular flexibility index (Phi) is 3.03. The Labute approximate surface area is 116 Å². The Balaban J connectivity index is 2.16. The molecule has 0 radical (unpaired) electrons. The van der Waals surface area contributed by atoms with Crippen LogP contribution in [0.1, 0.15) is 16.9 Å². The molecule has 0 bridgehead atoms. The van der Waals surface area contributed by atoms with Crippen molar-refractivity contribution < 1.29 is 9.52 Å². The largest absolute Gasteiger partial charge is 0.508 e. The van der Waals surface area contributed by atoms with Gasteiger partial charge in [0.25, 0.3) is 0 Å². The summed E-state index contributed by atoms with van der Waals surface area (Å²) in [6.45, 7) is 1.77. The molecule has 0 saturated heterocycles. The molecule has 3 nitrogen and oxygen atoms in total. The minimum atomic E-state index is -0.0443. The van der Waals surface area contributed by atoms with Crippen LogP contribution >= 0.6 is 0 Å². The second-order valence-electron chi connectivity index (χ2n) is 4.82. The molecule has 3 rings (SSSR count). The van der Waals surface area contributed by atoms with E-state index in [9.17, 15) is 9.90 Å². The Morgan fingerprint density at radius 1 is 1.10 bits per heavy atom. The number of aromatic hydroxyl groups is 1. The van der Waals surface area contributed by atoms with Crippen molar-refractivity contribution in [2.75, 3.05) is 0 Å². The average molecular weight is 266 g/mol. The number of rotatable bonds is 2. The zero-order valence-corrected chi connectivity index (χ0v) is 11.1. The summed E-state index contributed by atoms with van der Waals surface area (Å²) in [5.74, 6) is 0.731. The van der Waals surface area contributed by atoms with Gasteiger partial charge in [-0.25, -0.2) is 0 Å². The molecular weight excluding hydrogens is 252 g/mol. The summed E-state index contributed by atoms with van der Waals surface area (Å²) in [4.78, 5) is 12.3. The van der Waals surface area contributed by atoms with Crippen LogP contribution in [0.2, 0.25) is 0 Å². The summed E-state index contributed by atoms with van der Waals surface area (Å²) in [5, 5.41) is 10.0. The normalized spacial score (nSPS) is 10.8. The highest BCUT2D eigenvalue weighted by Crippen LogP contribution is 2.21. The average Bonchev–Trinajstić information content (AvgIpc) is 2.45. The summed E-state index contributed by atoms with van der Waals surface area (Å²) in [7, 11) is 0. The van der Waals surface area contributed by atoms with E-state index in [2.05, 4.69) is 0 Å². The molecular formula is C17H14O3. The molecule has 0 amide bonds. The standard InChI is InChI=1S/C17H14O3/c1-11-15(9-12-5-3-2-4-6-12)20-16-10-13(18)7-8-14(16)17(11)19/h2-8,10,18H,9H2,1H3. The van der Waals surface area contributed by atoms with Gasteiger partial charge in [-0.05, 0) is 24.6 Å². The van der Waals surface area contributed by atoms with Crippen molar-refractivity contribution in [1.29, 1.82) is 0 Å². The SMILES string of the molecule is Cc1c(Cc2ccccc2)oc2cc(O)ccc2c1=O. The maximum absolute atomic E-state index is 12.3. The quantitative estimate of drug-likeness (QED) is 0.773. The zero-order valence-electron chi connectivity index (χ0n) is 11.1. The lowest BCUT2D eigenvalue weighted by Gasteiger charge is -2.07. The first kappa shape index (κ1) is 12.5. The molecule has 0 fully saturated rings. The second-order valence-corrected chi connectivity index (χ2v) is 4.82. The topological polar surface area (TPSA) is 50.4 Å². The van der Waals surface area contributed by atoms with Gasteiger partial charge in [-0.3, -0.25) is 4.79 Å².